The van der Waals surface area contributed by atoms with Crippen LogP contribution < -0.4 is 4.74 Å². The number of fused-ring (bicyclic) bond motifs is 1. The fraction of sp³-hybridized carbons (Fsp3) is 0.400. The third-order valence-corrected chi connectivity index (χ3v) is 5.12. The van der Waals surface area contributed by atoms with E-state index in [-0.39, 0.29) is 11.4 Å². The Hall–Kier alpha value is -2.73. The van der Waals surface area contributed by atoms with E-state index in [1.54, 1.807) is 0 Å². The van der Waals surface area contributed by atoms with Gasteiger partial charge in [-0.1, -0.05) is 37.8 Å². The number of ether oxygens (including phenoxy) is 2. The summed E-state index contributed by atoms with van der Waals surface area (Å²) in [5, 5.41) is 0. The Labute approximate surface area is 168 Å². The van der Waals surface area contributed by atoms with Crippen molar-refractivity contribution in [3.63, 3.8) is 0 Å². The second-order valence-electron chi connectivity index (χ2n) is 7.80. The zero-order chi connectivity index (χ0) is 20.0. The zero-order valence-electron chi connectivity index (χ0n) is 17.0. The van der Waals surface area contributed by atoms with E-state index in [9.17, 15) is 4.79 Å². The number of carbonyl (C=O) groups is 1. The van der Waals surface area contributed by atoms with Gasteiger partial charge in [0.25, 0.3) is 0 Å². The second-order valence-corrected chi connectivity index (χ2v) is 7.80. The van der Waals surface area contributed by atoms with Gasteiger partial charge in [-0.2, -0.15) is 0 Å². The Balaban J connectivity index is 1.68. The largest absolute Gasteiger partial charge is 0.493 e. The predicted molar refractivity (Wildman–Crippen MR) is 112 cm³/mol. The summed E-state index contributed by atoms with van der Waals surface area (Å²) in [6.07, 6.45) is 3.11. The highest BCUT2D eigenvalue weighted by Gasteiger charge is 2.28. The molecular formula is C25H28O3. The average Bonchev–Trinajstić information content (AvgIpc) is 2.67. The maximum absolute atomic E-state index is 11.5. The molecule has 28 heavy (non-hydrogen) atoms. The first-order valence-corrected chi connectivity index (χ1v) is 10.0. The number of hydrogen-bond donors (Lipinski definition) is 0. The summed E-state index contributed by atoms with van der Waals surface area (Å²) in [6.45, 7) is 7.55. The molecule has 0 N–H and O–H groups in total. The molecule has 1 aliphatic rings. The van der Waals surface area contributed by atoms with E-state index in [4.69, 9.17) is 9.47 Å². The van der Waals surface area contributed by atoms with Gasteiger partial charge in [0.2, 0.25) is 0 Å². The summed E-state index contributed by atoms with van der Waals surface area (Å²) < 4.78 is 10.8. The van der Waals surface area contributed by atoms with Crippen LogP contribution in [0.3, 0.4) is 0 Å². The van der Waals surface area contributed by atoms with Crippen molar-refractivity contribution in [2.24, 2.45) is 0 Å². The molecule has 2 aromatic carbocycles. The first kappa shape index (κ1) is 20.0. The minimum Gasteiger partial charge on any atom is -0.493 e. The maximum atomic E-state index is 11.5. The summed E-state index contributed by atoms with van der Waals surface area (Å²) in [7, 11) is 0. The SMILES string of the molecule is CCOC(=O)CCCc1cccc(C#Cc2ccc3c(c2)C(C)(C)CCO3)c1. The molecule has 0 bridgehead atoms. The van der Waals surface area contributed by atoms with Crippen LogP contribution in [0.4, 0.5) is 0 Å². The van der Waals surface area contributed by atoms with Crippen LogP contribution in [0.15, 0.2) is 42.5 Å². The standard InChI is InChI=1S/C25H28O3/c1-4-27-24(26)10-6-9-19-7-5-8-20(17-19)11-12-21-13-14-23-22(18-21)25(2,3)15-16-28-23/h5,7-8,13-14,17-18H,4,6,9-10,15-16H2,1-3H3. The molecule has 0 unspecified atom stereocenters. The molecule has 3 nitrogen and oxygen atoms in total. The van der Waals surface area contributed by atoms with Gasteiger partial charge in [0, 0.05) is 23.1 Å². The average molecular weight is 376 g/mol. The number of aryl methyl sites for hydroxylation is 1. The predicted octanol–water partition coefficient (Wildman–Crippen LogP) is 5.03. The van der Waals surface area contributed by atoms with Gasteiger partial charge < -0.3 is 9.47 Å². The van der Waals surface area contributed by atoms with Crippen molar-refractivity contribution in [1.82, 2.24) is 0 Å². The van der Waals surface area contributed by atoms with E-state index in [2.05, 4.69) is 43.9 Å². The Morgan fingerprint density at radius 1 is 1.14 bits per heavy atom. The van der Waals surface area contributed by atoms with Crippen molar-refractivity contribution in [3.8, 4) is 17.6 Å². The highest BCUT2D eigenvalue weighted by molar-refractivity contribution is 5.69. The Bertz CT molecular complexity index is 899. The lowest BCUT2D eigenvalue weighted by atomic mass is 9.79. The highest BCUT2D eigenvalue weighted by atomic mass is 16.5. The molecule has 1 heterocycles. The number of esters is 1. The van der Waals surface area contributed by atoms with Crippen molar-refractivity contribution < 1.29 is 14.3 Å². The lowest BCUT2D eigenvalue weighted by Gasteiger charge is -2.32. The fourth-order valence-electron chi connectivity index (χ4n) is 3.43. The summed E-state index contributed by atoms with van der Waals surface area (Å²) in [5.41, 5.74) is 4.53. The van der Waals surface area contributed by atoms with Gasteiger partial charge in [0.05, 0.1) is 13.2 Å². The van der Waals surface area contributed by atoms with E-state index in [1.165, 1.54) is 11.1 Å². The van der Waals surface area contributed by atoms with Crippen LogP contribution in [0.25, 0.3) is 0 Å². The molecule has 2 aromatic rings. The molecule has 0 atom stereocenters. The zero-order valence-corrected chi connectivity index (χ0v) is 17.0. The van der Waals surface area contributed by atoms with E-state index >= 15 is 0 Å². The van der Waals surface area contributed by atoms with Crippen LogP contribution in [-0.2, 0) is 21.4 Å². The minimum atomic E-state index is -0.127. The Morgan fingerprint density at radius 2 is 1.93 bits per heavy atom. The van der Waals surface area contributed by atoms with Gasteiger partial charge in [-0.05, 0) is 67.5 Å². The number of benzene rings is 2. The lowest BCUT2D eigenvalue weighted by molar-refractivity contribution is -0.143. The third kappa shape index (κ3) is 5.16. The van der Waals surface area contributed by atoms with Gasteiger partial charge in [-0.3, -0.25) is 4.79 Å². The molecule has 146 valence electrons. The minimum absolute atomic E-state index is 0.115. The number of carbonyl (C=O) groups excluding carboxylic acids is 1. The van der Waals surface area contributed by atoms with Crippen molar-refractivity contribution in [2.75, 3.05) is 13.2 Å². The molecule has 3 rings (SSSR count). The van der Waals surface area contributed by atoms with Crippen LogP contribution in [0.1, 0.15) is 62.3 Å². The monoisotopic (exact) mass is 376 g/mol. The molecule has 1 aliphatic heterocycles. The van der Waals surface area contributed by atoms with E-state index in [0.717, 1.165) is 42.7 Å². The van der Waals surface area contributed by atoms with Crippen LogP contribution >= 0.6 is 0 Å². The molecule has 0 saturated carbocycles. The van der Waals surface area contributed by atoms with E-state index in [0.29, 0.717) is 13.0 Å². The molecule has 0 radical (unpaired) electrons. The van der Waals surface area contributed by atoms with Crippen LogP contribution in [-0.4, -0.2) is 19.2 Å². The lowest BCUT2D eigenvalue weighted by Crippen LogP contribution is -2.26. The summed E-state index contributed by atoms with van der Waals surface area (Å²) >= 11 is 0. The molecular weight excluding hydrogens is 348 g/mol. The van der Waals surface area contributed by atoms with Gasteiger partial charge in [0.15, 0.2) is 0 Å². The molecule has 0 aliphatic carbocycles. The van der Waals surface area contributed by atoms with E-state index < -0.39 is 0 Å². The normalized spacial score (nSPS) is 14.2. The quantitative estimate of drug-likeness (QED) is 0.542. The third-order valence-electron chi connectivity index (χ3n) is 5.12. The summed E-state index contributed by atoms with van der Waals surface area (Å²) in [5.74, 6) is 7.41. The van der Waals surface area contributed by atoms with Gasteiger partial charge >= 0.3 is 5.97 Å². The topological polar surface area (TPSA) is 35.5 Å². The molecule has 3 heteroatoms. The molecule has 0 spiro atoms. The van der Waals surface area contributed by atoms with Crippen molar-refractivity contribution in [1.29, 1.82) is 0 Å². The Kier molecular flexibility index (Phi) is 6.41. The first-order valence-electron chi connectivity index (χ1n) is 10.0. The van der Waals surface area contributed by atoms with Crippen molar-refractivity contribution in [2.45, 2.75) is 51.9 Å². The van der Waals surface area contributed by atoms with Gasteiger partial charge in [-0.15, -0.1) is 0 Å². The van der Waals surface area contributed by atoms with E-state index in [1.807, 2.05) is 31.2 Å². The summed E-state index contributed by atoms with van der Waals surface area (Å²) in [6, 6.07) is 14.4. The van der Waals surface area contributed by atoms with Crippen LogP contribution in [0.5, 0.6) is 5.75 Å². The van der Waals surface area contributed by atoms with Crippen LogP contribution in [0.2, 0.25) is 0 Å². The van der Waals surface area contributed by atoms with Crippen molar-refractivity contribution >= 4 is 5.97 Å². The molecule has 0 aromatic heterocycles. The second kappa shape index (κ2) is 8.97. The van der Waals surface area contributed by atoms with Crippen molar-refractivity contribution in [3.05, 3.63) is 64.7 Å². The fourth-order valence-corrected chi connectivity index (χ4v) is 3.43. The summed E-state index contributed by atoms with van der Waals surface area (Å²) in [4.78, 5) is 11.5. The first-order chi connectivity index (χ1) is 13.5. The highest BCUT2D eigenvalue weighted by Crippen LogP contribution is 2.38. The van der Waals surface area contributed by atoms with Gasteiger partial charge in [0.1, 0.15) is 5.75 Å². The molecule has 0 saturated heterocycles. The molecule has 0 amide bonds. The van der Waals surface area contributed by atoms with Gasteiger partial charge in [-0.25, -0.2) is 0 Å². The Morgan fingerprint density at radius 3 is 2.71 bits per heavy atom. The maximum Gasteiger partial charge on any atom is 0.305 e. The van der Waals surface area contributed by atoms with Crippen LogP contribution in [0, 0.1) is 11.8 Å². The number of rotatable bonds is 5. The number of hydrogen-bond acceptors (Lipinski definition) is 3. The molecule has 0 fully saturated rings. The smallest absolute Gasteiger partial charge is 0.305 e.